The minimum Gasteiger partial charge on any atom is -0.457 e. The Morgan fingerprint density at radius 3 is 2.50 bits per heavy atom. The van der Waals surface area contributed by atoms with Gasteiger partial charge in [-0.15, -0.1) is 0 Å². The summed E-state index contributed by atoms with van der Waals surface area (Å²) in [6.45, 7) is 3.34. The molecule has 0 saturated heterocycles. The molecule has 0 amide bonds. The van der Waals surface area contributed by atoms with Crippen molar-refractivity contribution < 1.29 is 18.8 Å². The summed E-state index contributed by atoms with van der Waals surface area (Å²) in [4.78, 5) is 28.6. The lowest BCUT2D eigenvalue weighted by Gasteiger charge is -2.07. The zero-order valence-electron chi connectivity index (χ0n) is 16.9. The van der Waals surface area contributed by atoms with Crippen LogP contribution in [-0.4, -0.2) is 28.5 Å². The molecule has 0 radical (unpaired) electrons. The molecule has 4 aromatic rings. The molecule has 4 rings (SSSR count). The number of carbonyl (C=O) groups excluding carboxylic acids is 2. The summed E-state index contributed by atoms with van der Waals surface area (Å²) in [5.74, 6) is 0.0316. The van der Waals surface area contributed by atoms with Crippen LogP contribution in [0.25, 0.3) is 22.2 Å². The van der Waals surface area contributed by atoms with Gasteiger partial charge in [0.25, 0.3) is 0 Å². The van der Waals surface area contributed by atoms with Gasteiger partial charge in [0.05, 0.1) is 17.0 Å². The third kappa shape index (κ3) is 3.89. The molecule has 152 valence electrons. The van der Waals surface area contributed by atoms with Crippen molar-refractivity contribution >= 4 is 22.7 Å². The number of carbonyl (C=O) groups is 2. The van der Waals surface area contributed by atoms with Crippen LogP contribution in [0.1, 0.15) is 33.8 Å². The molecule has 0 aliphatic carbocycles. The number of H-pyrrole nitrogens is 1. The normalized spacial score (nSPS) is 11.0. The van der Waals surface area contributed by atoms with Crippen LogP contribution < -0.4 is 0 Å². The van der Waals surface area contributed by atoms with Gasteiger partial charge < -0.3 is 14.2 Å². The van der Waals surface area contributed by atoms with Crippen molar-refractivity contribution in [1.82, 2.24) is 10.1 Å². The molecule has 0 atom stereocenters. The first-order valence-corrected chi connectivity index (χ1v) is 9.81. The van der Waals surface area contributed by atoms with E-state index >= 15 is 0 Å². The van der Waals surface area contributed by atoms with Gasteiger partial charge in [-0.3, -0.25) is 9.59 Å². The van der Waals surface area contributed by atoms with E-state index in [0.717, 1.165) is 33.4 Å². The van der Waals surface area contributed by atoms with Gasteiger partial charge in [0.15, 0.2) is 6.61 Å². The second kappa shape index (κ2) is 8.37. The predicted molar refractivity (Wildman–Crippen MR) is 113 cm³/mol. The quantitative estimate of drug-likeness (QED) is 0.355. The first-order chi connectivity index (χ1) is 14.5. The first kappa shape index (κ1) is 19.6. The minimum atomic E-state index is -0.426. The van der Waals surface area contributed by atoms with Crippen LogP contribution in [-0.2, 0) is 16.0 Å². The summed E-state index contributed by atoms with van der Waals surface area (Å²) in [6.07, 6.45) is 0.631. The van der Waals surface area contributed by atoms with Gasteiger partial charge in [-0.25, -0.2) is 0 Å². The van der Waals surface area contributed by atoms with Gasteiger partial charge in [0.2, 0.25) is 5.78 Å². The van der Waals surface area contributed by atoms with E-state index in [1.54, 1.807) is 0 Å². The molecule has 0 unspecified atom stereocenters. The highest BCUT2D eigenvalue weighted by atomic mass is 16.5. The van der Waals surface area contributed by atoms with Crippen molar-refractivity contribution in [3.8, 4) is 11.3 Å². The van der Waals surface area contributed by atoms with E-state index in [2.05, 4.69) is 10.1 Å². The zero-order valence-corrected chi connectivity index (χ0v) is 16.9. The SMILES string of the molecule is Cc1noc(C)c1CCC(=O)OCC(=O)c1c(-c2ccccc2)[nH]c2ccccc12. The number of hydrogen-bond donors (Lipinski definition) is 1. The number of hydrogen-bond acceptors (Lipinski definition) is 5. The molecule has 0 aliphatic heterocycles. The number of nitrogens with one attached hydrogen (secondary N) is 1. The fourth-order valence-electron chi connectivity index (χ4n) is 3.63. The van der Waals surface area contributed by atoms with Gasteiger partial charge in [0, 0.05) is 22.9 Å². The van der Waals surface area contributed by atoms with E-state index in [1.807, 2.05) is 68.4 Å². The molecule has 0 bridgehead atoms. The summed E-state index contributed by atoms with van der Waals surface area (Å²) in [6, 6.07) is 17.3. The highest BCUT2D eigenvalue weighted by Gasteiger charge is 2.21. The number of rotatable bonds is 7. The number of benzene rings is 2. The molecule has 0 fully saturated rings. The standard InChI is InChI=1S/C24H22N2O4/c1-15-18(16(2)30-26-15)12-13-22(28)29-14-21(27)23-19-10-6-7-11-20(19)25-24(23)17-8-4-3-5-9-17/h3-11,25H,12-14H2,1-2H3. The van der Waals surface area contributed by atoms with E-state index in [4.69, 9.17) is 9.26 Å². The van der Waals surface area contributed by atoms with Gasteiger partial charge in [-0.2, -0.15) is 0 Å². The lowest BCUT2D eigenvalue weighted by Crippen LogP contribution is -2.15. The van der Waals surface area contributed by atoms with E-state index in [9.17, 15) is 9.59 Å². The number of fused-ring (bicyclic) bond motifs is 1. The van der Waals surface area contributed by atoms with Crippen LogP contribution >= 0.6 is 0 Å². The van der Waals surface area contributed by atoms with Gasteiger partial charge >= 0.3 is 5.97 Å². The van der Waals surface area contributed by atoms with E-state index in [1.165, 1.54) is 0 Å². The minimum absolute atomic E-state index is 0.162. The molecule has 6 heteroatoms. The highest BCUT2D eigenvalue weighted by Crippen LogP contribution is 2.30. The summed E-state index contributed by atoms with van der Waals surface area (Å²) in [7, 11) is 0. The van der Waals surface area contributed by atoms with Crippen LogP contribution in [0.4, 0.5) is 0 Å². The predicted octanol–water partition coefficient (Wildman–Crippen LogP) is 4.80. The first-order valence-electron chi connectivity index (χ1n) is 9.81. The van der Waals surface area contributed by atoms with Crippen LogP contribution in [0.5, 0.6) is 0 Å². The largest absolute Gasteiger partial charge is 0.457 e. The molecule has 2 heterocycles. The number of aromatic nitrogens is 2. The second-order valence-electron chi connectivity index (χ2n) is 7.17. The molecule has 0 spiro atoms. The molecule has 30 heavy (non-hydrogen) atoms. The van der Waals surface area contributed by atoms with E-state index in [0.29, 0.717) is 17.7 Å². The molecule has 6 nitrogen and oxygen atoms in total. The Kier molecular flexibility index (Phi) is 5.48. The van der Waals surface area contributed by atoms with Gasteiger partial charge in [-0.05, 0) is 31.9 Å². The van der Waals surface area contributed by atoms with Crippen LogP contribution in [0.15, 0.2) is 59.1 Å². The van der Waals surface area contributed by atoms with Crippen molar-refractivity contribution in [2.24, 2.45) is 0 Å². The number of nitrogens with zero attached hydrogens (tertiary/aromatic N) is 1. The number of para-hydroxylation sites is 1. The average molecular weight is 402 g/mol. The summed E-state index contributed by atoms with van der Waals surface area (Å²) in [5, 5.41) is 4.70. The topological polar surface area (TPSA) is 85.2 Å². The maximum Gasteiger partial charge on any atom is 0.306 e. The van der Waals surface area contributed by atoms with Crippen LogP contribution in [0.2, 0.25) is 0 Å². The number of ketones is 1. The van der Waals surface area contributed by atoms with Crippen molar-refractivity contribution in [2.75, 3.05) is 6.61 Å². The zero-order chi connectivity index (χ0) is 21.1. The number of Topliss-reactive ketones (excluding diaryl/α,β-unsaturated/α-hetero) is 1. The Morgan fingerprint density at radius 2 is 1.77 bits per heavy atom. The molecular weight excluding hydrogens is 380 g/mol. The monoisotopic (exact) mass is 402 g/mol. The second-order valence-corrected chi connectivity index (χ2v) is 7.17. The Morgan fingerprint density at radius 1 is 1.03 bits per heavy atom. The average Bonchev–Trinajstić information content (AvgIpc) is 3.31. The summed E-state index contributed by atoms with van der Waals surface area (Å²) >= 11 is 0. The molecular formula is C24H22N2O4. The summed E-state index contributed by atoms with van der Waals surface area (Å²) < 4.78 is 10.4. The third-order valence-corrected chi connectivity index (χ3v) is 5.17. The molecule has 1 N–H and O–H groups in total. The van der Waals surface area contributed by atoms with Crippen LogP contribution in [0.3, 0.4) is 0 Å². The fourth-order valence-corrected chi connectivity index (χ4v) is 3.63. The highest BCUT2D eigenvalue weighted by molar-refractivity contribution is 6.14. The third-order valence-electron chi connectivity index (χ3n) is 5.17. The van der Waals surface area contributed by atoms with Crippen molar-refractivity contribution in [3.63, 3.8) is 0 Å². The number of esters is 1. The fraction of sp³-hybridized carbons (Fsp3) is 0.208. The Hall–Kier alpha value is -3.67. The van der Waals surface area contributed by atoms with Crippen molar-refractivity contribution in [3.05, 3.63) is 77.2 Å². The van der Waals surface area contributed by atoms with Gasteiger partial charge in [0.1, 0.15) is 5.76 Å². The molecule has 2 aromatic carbocycles. The Labute approximate surface area is 173 Å². The van der Waals surface area contributed by atoms with Crippen molar-refractivity contribution in [2.45, 2.75) is 26.7 Å². The lowest BCUT2D eigenvalue weighted by molar-refractivity contribution is -0.142. The Bertz CT molecular complexity index is 1190. The number of aryl methyl sites for hydroxylation is 2. The van der Waals surface area contributed by atoms with E-state index < -0.39 is 5.97 Å². The van der Waals surface area contributed by atoms with Gasteiger partial charge in [-0.1, -0.05) is 53.7 Å². The summed E-state index contributed by atoms with van der Waals surface area (Å²) in [5.41, 5.74) is 4.71. The molecule has 0 saturated carbocycles. The molecule has 0 aliphatic rings. The lowest BCUT2D eigenvalue weighted by atomic mass is 10.0. The van der Waals surface area contributed by atoms with E-state index in [-0.39, 0.29) is 18.8 Å². The molecule has 2 aromatic heterocycles. The smallest absolute Gasteiger partial charge is 0.306 e. The number of aromatic amines is 1. The van der Waals surface area contributed by atoms with Crippen molar-refractivity contribution in [1.29, 1.82) is 0 Å². The number of ether oxygens (including phenoxy) is 1. The maximum absolute atomic E-state index is 13.0. The maximum atomic E-state index is 13.0. The van der Waals surface area contributed by atoms with Crippen LogP contribution in [0, 0.1) is 13.8 Å². The Balaban J connectivity index is 1.50.